The zero-order valence-electron chi connectivity index (χ0n) is 19.5. The summed E-state index contributed by atoms with van der Waals surface area (Å²) in [6.07, 6.45) is 1.96. The Morgan fingerprint density at radius 2 is 1.71 bits per heavy atom. The van der Waals surface area contributed by atoms with Gasteiger partial charge in [0, 0.05) is 43.4 Å². The van der Waals surface area contributed by atoms with Crippen molar-refractivity contribution in [1.29, 1.82) is 0 Å². The number of methoxy groups -OCH3 is 1. The van der Waals surface area contributed by atoms with Gasteiger partial charge in [-0.15, -0.1) is 0 Å². The second kappa shape index (κ2) is 8.44. The van der Waals surface area contributed by atoms with Crippen LogP contribution in [0.3, 0.4) is 0 Å². The Morgan fingerprint density at radius 1 is 0.971 bits per heavy atom. The number of hydrogen-bond donors (Lipinski definition) is 0. The Labute approximate surface area is 197 Å². The lowest BCUT2D eigenvalue weighted by Crippen LogP contribution is -2.39. The number of rotatable bonds is 5. The number of fused-ring (bicyclic) bond motifs is 1. The molecule has 2 aliphatic rings. The van der Waals surface area contributed by atoms with Crippen LogP contribution in [0.2, 0.25) is 0 Å². The highest BCUT2D eigenvalue weighted by Crippen LogP contribution is 2.33. The van der Waals surface area contributed by atoms with Crippen molar-refractivity contribution < 1.29 is 19.1 Å². The Morgan fingerprint density at radius 3 is 2.32 bits per heavy atom. The van der Waals surface area contributed by atoms with Gasteiger partial charge in [0.1, 0.15) is 17.1 Å². The van der Waals surface area contributed by atoms with Gasteiger partial charge in [0.2, 0.25) is 5.91 Å². The molecule has 174 valence electrons. The average molecular weight is 459 g/mol. The van der Waals surface area contributed by atoms with Gasteiger partial charge in [0.05, 0.1) is 12.8 Å². The van der Waals surface area contributed by atoms with E-state index in [0.717, 1.165) is 29.9 Å². The first-order valence-corrected chi connectivity index (χ1v) is 11.4. The lowest BCUT2D eigenvalue weighted by Gasteiger charge is -2.29. The maximum Gasteiger partial charge on any atom is 0.277 e. The second-order valence-electron chi connectivity index (χ2n) is 8.67. The number of ketones is 1. The number of anilines is 2. The van der Waals surface area contributed by atoms with E-state index >= 15 is 0 Å². The van der Waals surface area contributed by atoms with Crippen molar-refractivity contribution in [1.82, 2.24) is 9.78 Å². The van der Waals surface area contributed by atoms with Gasteiger partial charge < -0.3 is 14.5 Å². The van der Waals surface area contributed by atoms with E-state index in [9.17, 15) is 14.4 Å². The molecule has 5 rings (SSSR count). The summed E-state index contributed by atoms with van der Waals surface area (Å²) in [5, 5.41) is 4.52. The summed E-state index contributed by atoms with van der Waals surface area (Å²) in [6.45, 7) is 4.60. The number of Topliss-reactive ketones (excluding diaryl/α,β-unsaturated/α-hetero) is 1. The molecule has 2 amide bonds. The Kier molecular flexibility index (Phi) is 5.43. The van der Waals surface area contributed by atoms with Crippen LogP contribution in [0.15, 0.2) is 42.5 Å². The summed E-state index contributed by atoms with van der Waals surface area (Å²) in [5.41, 5.74) is 4.68. The number of amides is 2. The molecular formula is C26H26N4O4. The van der Waals surface area contributed by atoms with Crippen LogP contribution in [0.1, 0.15) is 51.9 Å². The monoisotopic (exact) mass is 458 g/mol. The zero-order valence-corrected chi connectivity index (χ0v) is 19.5. The van der Waals surface area contributed by atoms with E-state index in [0.29, 0.717) is 47.8 Å². The highest BCUT2D eigenvalue weighted by Gasteiger charge is 2.34. The van der Waals surface area contributed by atoms with Crippen molar-refractivity contribution in [3.05, 3.63) is 65.0 Å². The minimum Gasteiger partial charge on any atom is -0.497 e. The van der Waals surface area contributed by atoms with Crippen LogP contribution < -0.4 is 14.5 Å². The maximum absolute atomic E-state index is 13.7. The molecule has 3 aromatic rings. The first-order chi connectivity index (χ1) is 16.4. The Hall–Kier alpha value is -3.94. The number of benzene rings is 2. The van der Waals surface area contributed by atoms with Crippen LogP contribution in [-0.4, -0.2) is 47.6 Å². The molecule has 1 fully saturated rings. The zero-order chi connectivity index (χ0) is 24.0. The molecular weight excluding hydrogens is 432 g/mol. The van der Waals surface area contributed by atoms with Crippen LogP contribution in [0.25, 0.3) is 5.69 Å². The third kappa shape index (κ3) is 3.55. The fourth-order valence-corrected chi connectivity index (χ4v) is 4.81. The van der Waals surface area contributed by atoms with Gasteiger partial charge in [-0.2, -0.15) is 5.10 Å². The van der Waals surface area contributed by atoms with Gasteiger partial charge in [0.25, 0.3) is 5.91 Å². The van der Waals surface area contributed by atoms with E-state index in [2.05, 4.69) is 5.10 Å². The van der Waals surface area contributed by atoms with E-state index in [1.807, 2.05) is 42.2 Å². The number of aromatic nitrogens is 2. The molecule has 0 unspecified atom stereocenters. The molecule has 34 heavy (non-hydrogen) atoms. The van der Waals surface area contributed by atoms with Gasteiger partial charge in [-0.05, 0) is 67.8 Å². The Balaban J connectivity index is 1.54. The first kappa shape index (κ1) is 21.9. The fourth-order valence-electron chi connectivity index (χ4n) is 4.81. The fraction of sp³-hybridized carbons (Fsp3) is 0.308. The van der Waals surface area contributed by atoms with Crippen LogP contribution in [-0.2, 0) is 11.2 Å². The average Bonchev–Trinajstić information content (AvgIpc) is 3.43. The topological polar surface area (TPSA) is 84.7 Å². The minimum atomic E-state index is -0.207. The van der Waals surface area contributed by atoms with Crippen molar-refractivity contribution in [3.63, 3.8) is 0 Å². The summed E-state index contributed by atoms with van der Waals surface area (Å²) >= 11 is 0. The quantitative estimate of drug-likeness (QED) is 0.544. The molecule has 0 saturated carbocycles. The number of aryl methyl sites for hydroxylation is 1. The molecule has 0 radical (unpaired) electrons. The minimum absolute atomic E-state index is 0.134. The van der Waals surface area contributed by atoms with Crippen molar-refractivity contribution in [2.75, 3.05) is 30.0 Å². The normalized spacial score (nSPS) is 15.6. The number of carbonyl (C=O) groups excluding carboxylic acids is 3. The predicted molar refractivity (Wildman–Crippen MR) is 128 cm³/mol. The van der Waals surface area contributed by atoms with Crippen molar-refractivity contribution in [2.24, 2.45) is 0 Å². The third-order valence-corrected chi connectivity index (χ3v) is 6.52. The molecule has 3 heterocycles. The predicted octanol–water partition coefficient (Wildman–Crippen LogP) is 3.72. The van der Waals surface area contributed by atoms with Crippen molar-refractivity contribution in [3.8, 4) is 11.4 Å². The summed E-state index contributed by atoms with van der Waals surface area (Å²) in [6, 6.07) is 13.0. The van der Waals surface area contributed by atoms with Gasteiger partial charge in [-0.25, -0.2) is 4.68 Å². The third-order valence-electron chi connectivity index (χ3n) is 6.52. The van der Waals surface area contributed by atoms with Gasteiger partial charge in [-0.1, -0.05) is 0 Å². The molecule has 2 aliphatic heterocycles. The van der Waals surface area contributed by atoms with Crippen LogP contribution in [0.5, 0.6) is 5.75 Å². The summed E-state index contributed by atoms with van der Waals surface area (Å²) in [4.78, 5) is 41.8. The van der Waals surface area contributed by atoms with E-state index < -0.39 is 0 Å². The Bertz CT molecular complexity index is 1310. The number of hydrogen-bond acceptors (Lipinski definition) is 5. The van der Waals surface area contributed by atoms with E-state index in [4.69, 9.17) is 4.74 Å². The number of carbonyl (C=O) groups is 3. The highest BCUT2D eigenvalue weighted by atomic mass is 16.5. The van der Waals surface area contributed by atoms with E-state index in [1.54, 1.807) is 28.8 Å². The molecule has 0 bridgehead atoms. The van der Waals surface area contributed by atoms with Gasteiger partial charge in [0.15, 0.2) is 5.78 Å². The lowest BCUT2D eigenvalue weighted by atomic mass is 10.0. The molecule has 0 N–H and O–H groups in total. The molecule has 2 aromatic carbocycles. The van der Waals surface area contributed by atoms with Gasteiger partial charge in [-0.3, -0.25) is 14.4 Å². The van der Waals surface area contributed by atoms with Gasteiger partial charge >= 0.3 is 0 Å². The molecule has 1 saturated heterocycles. The summed E-state index contributed by atoms with van der Waals surface area (Å²) in [7, 11) is 1.59. The molecule has 8 heteroatoms. The second-order valence-corrected chi connectivity index (χ2v) is 8.67. The van der Waals surface area contributed by atoms with E-state index in [-0.39, 0.29) is 17.6 Å². The van der Waals surface area contributed by atoms with Crippen molar-refractivity contribution >= 4 is 29.0 Å². The summed E-state index contributed by atoms with van der Waals surface area (Å²) < 4.78 is 6.80. The highest BCUT2D eigenvalue weighted by molar-refractivity contribution is 6.10. The lowest BCUT2D eigenvalue weighted by molar-refractivity contribution is -0.117. The number of nitrogens with zero attached hydrogens (tertiary/aromatic N) is 4. The smallest absolute Gasteiger partial charge is 0.277 e. The molecule has 8 nitrogen and oxygen atoms in total. The van der Waals surface area contributed by atoms with Crippen LogP contribution in [0.4, 0.5) is 11.4 Å². The van der Waals surface area contributed by atoms with Crippen LogP contribution in [0, 0.1) is 6.92 Å². The molecule has 0 atom stereocenters. The molecule has 1 aromatic heterocycles. The SMILES string of the molecule is COc1ccc(-n2nc(C(C)=O)c3c2C(=O)N(c2ccc(N4CCCC4=O)c(C)c2)CC3)cc1. The van der Waals surface area contributed by atoms with Crippen LogP contribution >= 0.6 is 0 Å². The largest absolute Gasteiger partial charge is 0.497 e. The standard InChI is InChI=1S/C26H26N4O4/c1-16-15-19(8-11-22(16)29-13-4-5-23(29)32)28-14-12-21-24(17(2)31)27-30(25(21)26(28)33)18-6-9-20(34-3)10-7-18/h6-11,15H,4-5,12-14H2,1-3H3. The summed E-state index contributed by atoms with van der Waals surface area (Å²) in [5.74, 6) is 0.452. The number of ether oxygens (including phenoxy) is 1. The van der Waals surface area contributed by atoms with Crippen molar-refractivity contribution in [2.45, 2.75) is 33.1 Å². The molecule has 0 aliphatic carbocycles. The van der Waals surface area contributed by atoms with E-state index in [1.165, 1.54) is 6.92 Å². The maximum atomic E-state index is 13.7. The molecule has 0 spiro atoms. The first-order valence-electron chi connectivity index (χ1n) is 11.4.